The highest BCUT2D eigenvalue weighted by atomic mass is 16.5. The first-order valence-electron chi connectivity index (χ1n) is 5.86. The van der Waals surface area contributed by atoms with Crippen LogP contribution in [-0.2, 0) is 14.3 Å². The minimum Gasteiger partial charge on any atom is -0.362 e. The van der Waals surface area contributed by atoms with E-state index in [9.17, 15) is 9.59 Å². The number of benzene rings is 1. The van der Waals surface area contributed by atoms with Crippen LogP contribution in [0.3, 0.4) is 0 Å². The van der Waals surface area contributed by atoms with Crippen molar-refractivity contribution in [1.82, 2.24) is 0 Å². The molecule has 1 aromatic carbocycles. The normalized spacial score (nSPS) is 15.2. The van der Waals surface area contributed by atoms with Gasteiger partial charge in [0.2, 0.25) is 0 Å². The summed E-state index contributed by atoms with van der Waals surface area (Å²) >= 11 is 0. The van der Waals surface area contributed by atoms with Gasteiger partial charge < -0.3 is 10.5 Å². The molecule has 0 radical (unpaired) electrons. The first-order chi connectivity index (χ1) is 9.11. The van der Waals surface area contributed by atoms with Crippen LogP contribution in [0.5, 0.6) is 0 Å². The second kappa shape index (κ2) is 5.65. The van der Waals surface area contributed by atoms with Gasteiger partial charge in [0.25, 0.3) is 11.8 Å². The van der Waals surface area contributed by atoms with E-state index in [-0.39, 0.29) is 31.6 Å². The monoisotopic (exact) mass is 258 g/mol. The lowest BCUT2D eigenvalue weighted by molar-refractivity contribution is -0.138. The summed E-state index contributed by atoms with van der Waals surface area (Å²) in [4.78, 5) is 24.7. The number of amides is 2. The molecule has 1 aliphatic rings. The van der Waals surface area contributed by atoms with Gasteiger partial charge in [-0.3, -0.25) is 9.59 Å². The fourth-order valence-corrected chi connectivity index (χ4v) is 1.90. The zero-order valence-electron chi connectivity index (χ0n) is 10.6. The van der Waals surface area contributed by atoms with E-state index < -0.39 is 0 Å². The first kappa shape index (κ1) is 13.3. The van der Waals surface area contributed by atoms with Crippen LogP contribution in [0.2, 0.25) is 0 Å². The Morgan fingerprint density at radius 1 is 1.26 bits per heavy atom. The highest BCUT2D eigenvalue weighted by Crippen LogP contribution is 2.21. The standard InChI is InChI=1S/C14H14N2O3/c1-10-5-11(3-2-4-15)7-12(6-10)16-13(17)8-19-9-14(16)18/h5-7H,4,8-9,15H2,1H3. The van der Waals surface area contributed by atoms with E-state index in [1.165, 1.54) is 0 Å². The smallest absolute Gasteiger partial charge is 0.259 e. The zero-order valence-corrected chi connectivity index (χ0v) is 10.6. The predicted octanol–water partition coefficient (Wildman–Crippen LogP) is 0.195. The molecule has 1 aliphatic heterocycles. The lowest BCUT2D eigenvalue weighted by Gasteiger charge is -2.25. The molecule has 19 heavy (non-hydrogen) atoms. The quantitative estimate of drug-likeness (QED) is 0.576. The van der Waals surface area contributed by atoms with Crippen molar-refractivity contribution in [3.05, 3.63) is 29.3 Å². The van der Waals surface area contributed by atoms with Crippen LogP contribution in [0.4, 0.5) is 5.69 Å². The molecule has 5 heteroatoms. The Kier molecular flexibility index (Phi) is 3.95. The molecule has 0 aromatic heterocycles. The minimum atomic E-state index is -0.361. The number of imide groups is 1. The van der Waals surface area contributed by atoms with E-state index >= 15 is 0 Å². The van der Waals surface area contributed by atoms with Crippen LogP contribution in [-0.4, -0.2) is 31.6 Å². The molecular weight excluding hydrogens is 244 g/mol. The third kappa shape index (κ3) is 2.99. The Morgan fingerprint density at radius 3 is 2.58 bits per heavy atom. The predicted molar refractivity (Wildman–Crippen MR) is 70.4 cm³/mol. The number of carbonyl (C=O) groups excluding carboxylic acids is 2. The van der Waals surface area contributed by atoms with Crippen molar-refractivity contribution in [2.45, 2.75) is 6.92 Å². The summed E-state index contributed by atoms with van der Waals surface area (Å²) in [5.41, 5.74) is 7.51. The van der Waals surface area contributed by atoms with E-state index in [0.717, 1.165) is 16.0 Å². The van der Waals surface area contributed by atoms with Gasteiger partial charge in [0.1, 0.15) is 13.2 Å². The van der Waals surface area contributed by atoms with E-state index in [0.29, 0.717) is 5.69 Å². The van der Waals surface area contributed by atoms with Crippen molar-refractivity contribution in [3.8, 4) is 11.8 Å². The average Bonchev–Trinajstić information content (AvgIpc) is 2.35. The summed E-state index contributed by atoms with van der Waals surface area (Å²) in [6.45, 7) is 1.98. The third-order valence-electron chi connectivity index (χ3n) is 2.60. The molecule has 2 N–H and O–H groups in total. The summed E-state index contributed by atoms with van der Waals surface area (Å²) in [5, 5.41) is 0. The highest BCUT2D eigenvalue weighted by molar-refractivity contribution is 6.17. The Balaban J connectivity index is 2.41. The van der Waals surface area contributed by atoms with Crippen molar-refractivity contribution in [1.29, 1.82) is 0 Å². The molecule has 0 bridgehead atoms. The van der Waals surface area contributed by atoms with Gasteiger partial charge >= 0.3 is 0 Å². The fraction of sp³-hybridized carbons (Fsp3) is 0.286. The molecule has 1 heterocycles. The molecule has 2 rings (SSSR count). The maximum absolute atomic E-state index is 11.8. The number of hydrogen-bond donors (Lipinski definition) is 1. The number of ether oxygens (including phenoxy) is 1. The lowest BCUT2D eigenvalue weighted by atomic mass is 10.1. The van der Waals surface area contributed by atoms with Crippen LogP contribution in [0.1, 0.15) is 11.1 Å². The van der Waals surface area contributed by atoms with Gasteiger partial charge in [-0.1, -0.05) is 11.8 Å². The number of nitrogens with zero attached hydrogens (tertiary/aromatic N) is 1. The molecule has 1 aromatic rings. The van der Waals surface area contributed by atoms with Crippen LogP contribution in [0.15, 0.2) is 18.2 Å². The van der Waals surface area contributed by atoms with Crippen molar-refractivity contribution in [2.75, 3.05) is 24.7 Å². The van der Waals surface area contributed by atoms with Crippen LogP contribution < -0.4 is 10.6 Å². The summed E-state index contributed by atoms with van der Waals surface area (Å²) in [5.74, 6) is 4.92. The van der Waals surface area contributed by atoms with Gasteiger partial charge in [-0.25, -0.2) is 4.90 Å². The molecule has 5 nitrogen and oxygen atoms in total. The number of rotatable bonds is 1. The number of aryl methyl sites for hydroxylation is 1. The van der Waals surface area contributed by atoms with Crippen molar-refractivity contribution in [3.63, 3.8) is 0 Å². The van der Waals surface area contributed by atoms with Crippen molar-refractivity contribution >= 4 is 17.5 Å². The van der Waals surface area contributed by atoms with Crippen LogP contribution >= 0.6 is 0 Å². The summed E-state index contributed by atoms with van der Waals surface area (Å²) in [6, 6.07) is 5.35. The van der Waals surface area contributed by atoms with Gasteiger partial charge in [-0.15, -0.1) is 0 Å². The second-order valence-corrected chi connectivity index (χ2v) is 4.18. The SMILES string of the molecule is Cc1cc(C#CCN)cc(N2C(=O)COCC2=O)c1. The Labute approximate surface area is 111 Å². The molecule has 0 aliphatic carbocycles. The average molecular weight is 258 g/mol. The zero-order chi connectivity index (χ0) is 13.8. The molecule has 0 saturated carbocycles. The van der Waals surface area contributed by atoms with E-state index in [1.54, 1.807) is 12.1 Å². The van der Waals surface area contributed by atoms with Crippen LogP contribution in [0.25, 0.3) is 0 Å². The second-order valence-electron chi connectivity index (χ2n) is 4.18. The van der Waals surface area contributed by atoms with Crippen LogP contribution in [0, 0.1) is 18.8 Å². The van der Waals surface area contributed by atoms with E-state index in [4.69, 9.17) is 10.5 Å². The Hall–Kier alpha value is -2.16. The largest absolute Gasteiger partial charge is 0.362 e. The minimum absolute atomic E-state index is 0.0799. The molecule has 0 unspecified atom stereocenters. The number of anilines is 1. The summed E-state index contributed by atoms with van der Waals surface area (Å²) in [7, 11) is 0. The molecule has 1 fully saturated rings. The van der Waals surface area contributed by atoms with Crippen molar-refractivity contribution < 1.29 is 14.3 Å². The van der Waals surface area contributed by atoms with Gasteiger partial charge in [0.15, 0.2) is 0 Å². The van der Waals surface area contributed by atoms with E-state index in [2.05, 4.69) is 11.8 Å². The van der Waals surface area contributed by atoms with Crippen molar-refractivity contribution in [2.24, 2.45) is 5.73 Å². The summed E-state index contributed by atoms with van der Waals surface area (Å²) < 4.78 is 4.89. The molecule has 1 saturated heterocycles. The molecule has 2 amide bonds. The van der Waals surface area contributed by atoms with Gasteiger partial charge in [0.05, 0.1) is 12.2 Å². The Morgan fingerprint density at radius 2 is 1.95 bits per heavy atom. The number of carbonyl (C=O) groups is 2. The maximum Gasteiger partial charge on any atom is 0.259 e. The maximum atomic E-state index is 11.8. The fourth-order valence-electron chi connectivity index (χ4n) is 1.90. The Bertz CT molecular complexity index is 568. The number of nitrogens with two attached hydrogens (primary N) is 1. The summed E-state index contributed by atoms with van der Waals surface area (Å²) in [6.07, 6.45) is 0. The topological polar surface area (TPSA) is 72.6 Å². The van der Waals surface area contributed by atoms with Gasteiger partial charge in [-0.05, 0) is 30.7 Å². The molecule has 98 valence electrons. The highest BCUT2D eigenvalue weighted by Gasteiger charge is 2.28. The first-order valence-corrected chi connectivity index (χ1v) is 5.86. The lowest BCUT2D eigenvalue weighted by Crippen LogP contribution is -2.46. The van der Waals surface area contributed by atoms with E-state index in [1.807, 2.05) is 13.0 Å². The molecular formula is C14H14N2O3. The molecule has 0 atom stereocenters. The third-order valence-corrected chi connectivity index (χ3v) is 2.60. The number of morpholine rings is 1. The van der Waals surface area contributed by atoms with Gasteiger partial charge in [-0.2, -0.15) is 0 Å². The van der Waals surface area contributed by atoms with Gasteiger partial charge in [0, 0.05) is 5.56 Å². The number of hydrogen-bond acceptors (Lipinski definition) is 4. The molecule has 0 spiro atoms.